The van der Waals surface area contributed by atoms with Crippen LogP contribution in [0.15, 0.2) is 66.9 Å². The van der Waals surface area contributed by atoms with Crippen LogP contribution in [0, 0.1) is 20.8 Å². The molecule has 0 atom stereocenters. The van der Waals surface area contributed by atoms with Gasteiger partial charge in [0.2, 0.25) is 0 Å². The van der Waals surface area contributed by atoms with Crippen molar-refractivity contribution in [3.63, 3.8) is 0 Å². The van der Waals surface area contributed by atoms with Gasteiger partial charge in [-0.15, -0.1) is 0 Å². The monoisotopic (exact) mass is 399 g/mol. The van der Waals surface area contributed by atoms with E-state index in [0.717, 1.165) is 17.0 Å². The molecule has 6 nitrogen and oxygen atoms in total. The molecule has 0 aliphatic heterocycles. The molecule has 0 radical (unpaired) electrons. The van der Waals surface area contributed by atoms with Crippen molar-refractivity contribution < 1.29 is 4.79 Å². The number of carbonyl (C=O) groups excluding carboxylic acids is 1. The zero-order valence-corrected chi connectivity index (χ0v) is 17.5. The molecule has 152 valence electrons. The highest BCUT2D eigenvalue weighted by atomic mass is 16.1. The van der Waals surface area contributed by atoms with Crippen LogP contribution in [0.5, 0.6) is 0 Å². The second-order valence-corrected chi connectivity index (χ2v) is 7.56. The number of hydrogen-bond donors (Lipinski definition) is 1. The molecule has 0 fully saturated rings. The van der Waals surface area contributed by atoms with Gasteiger partial charge in [0.15, 0.2) is 5.82 Å². The quantitative estimate of drug-likeness (QED) is 0.524. The SMILES string of the molecule is Cc1cc(C)n(Cc2cccc(C(=O)Nc3ccn(Cc4ccccc4C)n3)c2)n1. The van der Waals surface area contributed by atoms with Crippen molar-refractivity contribution in [2.45, 2.75) is 33.9 Å². The van der Waals surface area contributed by atoms with E-state index in [1.54, 1.807) is 0 Å². The summed E-state index contributed by atoms with van der Waals surface area (Å²) in [5.41, 5.74) is 6.14. The lowest BCUT2D eigenvalue weighted by atomic mass is 10.1. The highest BCUT2D eigenvalue weighted by Crippen LogP contribution is 2.13. The average Bonchev–Trinajstić information content (AvgIpc) is 3.29. The predicted octanol–water partition coefficient (Wildman–Crippen LogP) is 4.35. The van der Waals surface area contributed by atoms with Gasteiger partial charge in [-0.3, -0.25) is 14.2 Å². The molecule has 2 heterocycles. The zero-order valence-electron chi connectivity index (χ0n) is 17.5. The fraction of sp³-hybridized carbons (Fsp3) is 0.208. The van der Waals surface area contributed by atoms with E-state index < -0.39 is 0 Å². The number of hydrogen-bond acceptors (Lipinski definition) is 3. The minimum Gasteiger partial charge on any atom is -0.305 e. The van der Waals surface area contributed by atoms with E-state index in [4.69, 9.17) is 0 Å². The van der Waals surface area contributed by atoms with E-state index in [2.05, 4.69) is 34.6 Å². The topological polar surface area (TPSA) is 64.7 Å². The summed E-state index contributed by atoms with van der Waals surface area (Å²) < 4.78 is 3.77. The van der Waals surface area contributed by atoms with Crippen LogP contribution in [0.4, 0.5) is 5.82 Å². The normalized spacial score (nSPS) is 10.9. The highest BCUT2D eigenvalue weighted by Gasteiger charge is 2.10. The number of nitrogens with one attached hydrogen (secondary N) is 1. The van der Waals surface area contributed by atoms with E-state index in [1.807, 2.05) is 77.9 Å². The van der Waals surface area contributed by atoms with Gasteiger partial charge in [0.25, 0.3) is 5.91 Å². The number of carbonyl (C=O) groups is 1. The van der Waals surface area contributed by atoms with Gasteiger partial charge in [0.1, 0.15) is 0 Å². The lowest BCUT2D eigenvalue weighted by molar-refractivity contribution is 0.102. The van der Waals surface area contributed by atoms with Gasteiger partial charge in [0, 0.05) is 23.5 Å². The molecule has 2 aromatic heterocycles. The molecular formula is C24H25N5O. The number of anilines is 1. The number of aromatic nitrogens is 4. The maximum atomic E-state index is 12.7. The van der Waals surface area contributed by atoms with Crippen LogP contribution >= 0.6 is 0 Å². The first-order valence-corrected chi connectivity index (χ1v) is 9.97. The Morgan fingerprint density at radius 1 is 0.933 bits per heavy atom. The number of aryl methyl sites for hydroxylation is 3. The van der Waals surface area contributed by atoms with Crippen molar-refractivity contribution >= 4 is 11.7 Å². The number of benzene rings is 2. The summed E-state index contributed by atoms with van der Waals surface area (Å²) in [6, 6.07) is 19.7. The van der Waals surface area contributed by atoms with E-state index >= 15 is 0 Å². The summed E-state index contributed by atoms with van der Waals surface area (Å²) in [5, 5.41) is 11.9. The van der Waals surface area contributed by atoms with Crippen molar-refractivity contribution in [3.05, 3.63) is 101 Å². The molecule has 2 aromatic carbocycles. The van der Waals surface area contributed by atoms with E-state index in [-0.39, 0.29) is 5.91 Å². The molecule has 1 N–H and O–H groups in total. The second kappa shape index (κ2) is 8.37. The van der Waals surface area contributed by atoms with Crippen LogP contribution in [-0.4, -0.2) is 25.5 Å². The Labute approximate surface area is 176 Å². The van der Waals surface area contributed by atoms with Crippen LogP contribution in [-0.2, 0) is 13.1 Å². The Morgan fingerprint density at radius 2 is 1.77 bits per heavy atom. The zero-order chi connectivity index (χ0) is 21.1. The molecule has 0 saturated carbocycles. The molecule has 0 bridgehead atoms. The third-order valence-electron chi connectivity index (χ3n) is 5.10. The van der Waals surface area contributed by atoms with Crippen molar-refractivity contribution in [1.82, 2.24) is 19.6 Å². The number of nitrogens with zero attached hydrogens (tertiary/aromatic N) is 4. The molecule has 0 aliphatic carbocycles. The molecule has 30 heavy (non-hydrogen) atoms. The Morgan fingerprint density at radius 3 is 2.53 bits per heavy atom. The lowest BCUT2D eigenvalue weighted by Crippen LogP contribution is -2.14. The summed E-state index contributed by atoms with van der Waals surface area (Å²) in [7, 11) is 0. The summed E-state index contributed by atoms with van der Waals surface area (Å²) in [6.07, 6.45) is 1.88. The average molecular weight is 399 g/mol. The molecule has 6 heteroatoms. The van der Waals surface area contributed by atoms with Crippen molar-refractivity contribution in [2.24, 2.45) is 0 Å². The van der Waals surface area contributed by atoms with Gasteiger partial charge in [-0.1, -0.05) is 36.4 Å². The standard InChI is InChI=1S/C24H25N5O/c1-17-7-4-5-9-22(17)16-28-12-11-23(27-28)25-24(30)21-10-6-8-20(14-21)15-29-19(3)13-18(2)26-29/h4-14H,15-16H2,1-3H3,(H,25,27,30). The van der Waals surface area contributed by atoms with E-state index in [1.165, 1.54) is 11.1 Å². The van der Waals surface area contributed by atoms with Gasteiger partial charge in [0.05, 0.1) is 18.8 Å². The van der Waals surface area contributed by atoms with Gasteiger partial charge in [-0.2, -0.15) is 10.2 Å². The van der Waals surface area contributed by atoms with Crippen molar-refractivity contribution in [3.8, 4) is 0 Å². The lowest BCUT2D eigenvalue weighted by Gasteiger charge is -2.08. The third-order valence-corrected chi connectivity index (χ3v) is 5.10. The Balaban J connectivity index is 1.44. The van der Waals surface area contributed by atoms with Gasteiger partial charge >= 0.3 is 0 Å². The van der Waals surface area contributed by atoms with Crippen LogP contribution in [0.25, 0.3) is 0 Å². The molecular weight excluding hydrogens is 374 g/mol. The first kappa shape index (κ1) is 19.6. The van der Waals surface area contributed by atoms with E-state index in [0.29, 0.717) is 24.5 Å². The molecule has 0 unspecified atom stereocenters. The first-order chi connectivity index (χ1) is 14.5. The number of rotatable bonds is 6. The minimum absolute atomic E-state index is 0.175. The fourth-order valence-corrected chi connectivity index (χ4v) is 3.49. The van der Waals surface area contributed by atoms with Crippen LogP contribution in [0.1, 0.15) is 38.4 Å². The van der Waals surface area contributed by atoms with Crippen LogP contribution in [0.3, 0.4) is 0 Å². The molecule has 4 rings (SSSR count). The smallest absolute Gasteiger partial charge is 0.256 e. The van der Waals surface area contributed by atoms with Crippen LogP contribution < -0.4 is 5.32 Å². The maximum absolute atomic E-state index is 12.7. The molecule has 0 aliphatic rings. The molecule has 4 aromatic rings. The highest BCUT2D eigenvalue weighted by molar-refractivity contribution is 6.03. The molecule has 1 amide bonds. The third kappa shape index (κ3) is 4.49. The summed E-state index contributed by atoms with van der Waals surface area (Å²) >= 11 is 0. The Hall–Kier alpha value is -3.67. The fourth-order valence-electron chi connectivity index (χ4n) is 3.49. The van der Waals surface area contributed by atoms with Gasteiger partial charge < -0.3 is 5.32 Å². The maximum Gasteiger partial charge on any atom is 0.256 e. The first-order valence-electron chi connectivity index (χ1n) is 9.97. The Bertz CT molecular complexity index is 1190. The van der Waals surface area contributed by atoms with E-state index in [9.17, 15) is 4.79 Å². The van der Waals surface area contributed by atoms with Gasteiger partial charge in [-0.25, -0.2) is 0 Å². The summed E-state index contributed by atoms with van der Waals surface area (Å²) in [6.45, 7) is 7.39. The van der Waals surface area contributed by atoms with Gasteiger partial charge in [-0.05, 0) is 55.7 Å². The predicted molar refractivity (Wildman–Crippen MR) is 118 cm³/mol. The molecule has 0 saturated heterocycles. The minimum atomic E-state index is -0.175. The summed E-state index contributed by atoms with van der Waals surface area (Å²) in [5.74, 6) is 0.365. The van der Waals surface area contributed by atoms with Crippen molar-refractivity contribution in [1.29, 1.82) is 0 Å². The number of amides is 1. The second-order valence-electron chi connectivity index (χ2n) is 7.56. The van der Waals surface area contributed by atoms with Crippen LogP contribution in [0.2, 0.25) is 0 Å². The summed E-state index contributed by atoms with van der Waals surface area (Å²) in [4.78, 5) is 12.7. The van der Waals surface area contributed by atoms with Crippen molar-refractivity contribution in [2.75, 3.05) is 5.32 Å². The molecule has 0 spiro atoms. The largest absolute Gasteiger partial charge is 0.305 e. The Kier molecular flexibility index (Phi) is 5.48.